The van der Waals surface area contributed by atoms with E-state index in [1.54, 1.807) is 25.1 Å². The van der Waals surface area contributed by atoms with Crippen LogP contribution < -0.4 is 9.47 Å². The first kappa shape index (κ1) is 14.2. The van der Waals surface area contributed by atoms with Gasteiger partial charge in [-0.05, 0) is 24.6 Å². The molecule has 20 heavy (non-hydrogen) atoms. The molecule has 1 aliphatic rings. The Hall–Kier alpha value is -2.24. The first-order valence-electron chi connectivity index (χ1n) is 6.50. The molecule has 2 rings (SSSR count). The number of fused-ring (bicyclic) bond motifs is 1. The molecule has 0 radical (unpaired) electrons. The highest BCUT2D eigenvalue weighted by Gasteiger charge is 2.27. The van der Waals surface area contributed by atoms with Crippen LogP contribution in [0.2, 0.25) is 0 Å². The third kappa shape index (κ3) is 2.84. The van der Waals surface area contributed by atoms with Crippen molar-refractivity contribution < 1.29 is 24.2 Å². The number of benzene rings is 1. The fourth-order valence-corrected chi connectivity index (χ4v) is 2.14. The quantitative estimate of drug-likeness (QED) is 0.826. The topological polar surface area (TPSA) is 76.1 Å². The van der Waals surface area contributed by atoms with Gasteiger partial charge in [0.1, 0.15) is 0 Å². The molecule has 0 saturated heterocycles. The van der Waals surface area contributed by atoms with E-state index in [1.807, 2.05) is 0 Å². The van der Waals surface area contributed by atoms with E-state index in [4.69, 9.17) is 9.47 Å². The number of amides is 1. The maximum atomic E-state index is 11.4. The largest absolute Gasteiger partial charge is 0.490 e. The Bertz CT molecular complexity index is 502. The Morgan fingerprint density at radius 3 is 2.70 bits per heavy atom. The molecular formula is C14H17NO5. The van der Waals surface area contributed by atoms with Gasteiger partial charge in [0.05, 0.1) is 13.2 Å². The van der Waals surface area contributed by atoms with Gasteiger partial charge < -0.3 is 19.5 Å². The van der Waals surface area contributed by atoms with Gasteiger partial charge in [-0.2, -0.15) is 0 Å². The second-order valence-corrected chi connectivity index (χ2v) is 4.43. The number of carboxylic acids is 1. The van der Waals surface area contributed by atoms with E-state index < -0.39 is 12.0 Å². The molecule has 1 aromatic rings. The third-order valence-electron chi connectivity index (χ3n) is 3.15. The number of carbonyl (C=O) groups is 2. The number of ether oxygens (including phenoxy) is 2. The lowest BCUT2D eigenvalue weighted by molar-refractivity contribution is -0.146. The van der Waals surface area contributed by atoms with E-state index in [9.17, 15) is 14.7 Å². The minimum Gasteiger partial charge on any atom is -0.490 e. The predicted molar refractivity (Wildman–Crippen MR) is 70.9 cm³/mol. The molecule has 6 nitrogen and oxygen atoms in total. The zero-order valence-electron chi connectivity index (χ0n) is 11.2. The number of hydrogen-bond donors (Lipinski definition) is 1. The lowest BCUT2D eigenvalue weighted by atomic mass is 10.0. The molecule has 0 aliphatic carbocycles. The van der Waals surface area contributed by atoms with Crippen LogP contribution in [0.3, 0.4) is 0 Å². The van der Waals surface area contributed by atoms with E-state index in [-0.39, 0.29) is 0 Å². The van der Waals surface area contributed by atoms with Crippen LogP contribution in [-0.2, 0) is 9.59 Å². The van der Waals surface area contributed by atoms with Crippen LogP contribution in [-0.4, -0.2) is 42.1 Å². The van der Waals surface area contributed by atoms with E-state index >= 15 is 0 Å². The molecule has 1 unspecified atom stereocenters. The number of hydrogen-bond acceptors (Lipinski definition) is 4. The van der Waals surface area contributed by atoms with Crippen LogP contribution in [0, 0.1) is 0 Å². The summed E-state index contributed by atoms with van der Waals surface area (Å²) in [5, 5.41) is 9.35. The molecule has 0 aromatic heterocycles. The van der Waals surface area contributed by atoms with Gasteiger partial charge in [0.15, 0.2) is 17.5 Å². The second-order valence-electron chi connectivity index (χ2n) is 4.43. The van der Waals surface area contributed by atoms with E-state index in [0.717, 1.165) is 6.42 Å². The molecular weight excluding hydrogens is 262 g/mol. The summed E-state index contributed by atoms with van der Waals surface area (Å²) in [6, 6.07) is 3.95. The molecule has 0 fully saturated rings. The monoisotopic (exact) mass is 279 g/mol. The number of aliphatic carboxylic acids is 1. The summed E-state index contributed by atoms with van der Waals surface area (Å²) < 4.78 is 11.0. The molecule has 1 atom stereocenters. The smallest absolute Gasteiger partial charge is 0.331 e. The summed E-state index contributed by atoms with van der Waals surface area (Å²) in [6.45, 7) is 3.14. The Labute approximate surface area is 116 Å². The number of likely N-dealkylation sites (N-methyl/N-ethyl adjacent to an activating group) is 1. The fraction of sp³-hybridized carbons (Fsp3) is 0.429. The minimum atomic E-state index is -1.08. The highest BCUT2D eigenvalue weighted by Crippen LogP contribution is 2.33. The van der Waals surface area contributed by atoms with Crippen molar-refractivity contribution in [2.75, 3.05) is 19.8 Å². The van der Waals surface area contributed by atoms with Gasteiger partial charge in [-0.25, -0.2) is 4.79 Å². The summed E-state index contributed by atoms with van der Waals surface area (Å²) >= 11 is 0. The van der Waals surface area contributed by atoms with Gasteiger partial charge in [-0.1, -0.05) is 6.07 Å². The van der Waals surface area contributed by atoms with Gasteiger partial charge in [0.25, 0.3) is 0 Å². The van der Waals surface area contributed by atoms with Gasteiger partial charge in [0, 0.05) is 13.0 Å². The molecule has 1 amide bonds. The Morgan fingerprint density at radius 2 is 2.10 bits per heavy atom. The van der Waals surface area contributed by atoms with E-state index in [1.165, 1.54) is 4.90 Å². The molecule has 1 N–H and O–H groups in total. The molecule has 0 spiro atoms. The maximum Gasteiger partial charge on any atom is 0.331 e. The SMILES string of the molecule is CCN(C=O)C(C(=O)O)c1ccc2c(c1)OCCCO2. The van der Waals surface area contributed by atoms with E-state index in [2.05, 4.69) is 0 Å². The normalized spacial score (nSPS) is 15.1. The zero-order valence-corrected chi connectivity index (χ0v) is 11.2. The van der Waals surface area contributed by atoms with Crippen molar-refractivity contribution in [1.82, 2.24) is 4.90 Å². The lowest BCUT2D eigenvalue weighted by Gasteiger charge is -2.24. The standard InChI is InChI=1S/C14H17NO5/c1-2-15(9-16)13(14(17)18)10-4-5-11-12(8-10)20-7-3-6-19-11/h4-5,8-9,13H,2-3,6-7H2,1H3,(H,17,18). The molecule has 1 aromatic carbocycles. The van der Waals surface area contributed by atoms with Crippen LogP contribution in [0.25, 0.3) is 0 Å². The second kappa shape index (κ2) is 6.27. The summed E-state index contributed by atoms with van der Waals surface area (Å²) in [7, 11) is 0. The Balaban J connectivity index is 2.36. The minimum absolute atomic E-state index is 0.314. The fourth-order valence-electron chi connectivity index (χ4n) is 2.14. The average Bonchev–Trinajstić information content (AvgIpc) is 2.68. The summed E-state index contributed by atoms with van der Waals surface area (Å²) in [4.78, 5) is 23.7. The molecule has 1 aliphatic heterocycles. The lowest BCUT2D eigenvalue weighted by Crippen LogP contribution is -2.32. The maximum absolute atomic E-state index is 11.4. The van der Waals surface area contributed by atoms with Gasteiger partial charge >= 0.3 is 5.97 Å². The van der Waals surface area contributed by atoms with Crippen molar-refractivity contribution in [1.29, 1.82) is 0 Å². The Kier molecular flexibility index (Phi) is 4.45. The van der Waals surface area contributed by atoms with Crippen molar-refractivity contribution in [3.05, 3.63) is 23.8 Å². The van der Waals surface area contributed by atoms with Crippen molar-refractivity contribution in [3.63, 3.8) is 0 Å². The number of nitrogens with zero attached hydrogens (tertiary/aromatic N) is 1. The van der Waals surface area contributed by atoms with Crippen molar-refractivity contribution >= 4 is 12.4 Å². The Morgan fingerprint density at radius 1 is 1.40 bits per heavy atom. The summed E-state index contributed by atoms with van der Waals surface area (Å²) in [5.74, 6) is 0.0474. The van der Waals surface area contributed by atoms with Gasteiger partial charge in [-0.15, -0.1) is 0 Å². The number of carbonyl (C=O) groups excluding carboxylic acids is 1. The molecule has 0 bridgehead atoms. The highest BCUT2D eigenvalue weighted by atomic mass is 16.5. The third-order valence-corrected chi connectivity index (χ3v) is 3.15. The first-order valence-corrected chi connectivity index (χ1v) is 6.50. The first-order chi connectivity index (χ1) is 9.67. The summed E-state index contributed by atoms with van der Waals surface area (Å²) in [6.07, 6.45) is 1.32. The van der Waals surface area contributed by atoms with Gasteiger partial charge in [0.2, 0.25) is 6.41 Å². The molecule has 108 valence electrons. The average molecular weight is 279 g/mol. The number of carboxylic acid groups (broad SMARTS) is 1. The van der Waals surface area contributed by atoms with Crippen LogP contribution in [0.4, 0.5) is 0 Å². The van der Waals surface area contributed by atoms with Crippen LogP contribution >= 0.6 is 0 Å². The van der Waals surface area contributed by atoms with Crippen molar-refractivity contribution in [2.45, 2.75) is 19.4 Å². The molecule has 0 saturated carbocycles. The predicted octanol–water partition coefficient (Wildman–Crippen LogP) is 1.45. The van der Waals surface area contributed by atoms with Crippen molar-refractivity contribution in [2.24, 2.45) is 0 Å². The highest BCUT2D eigenvalue weighted by molar-refractivity contribution is 5.78. The zero-order chi connectivity index (χ0) is 14.5. The van der Waals surface area contributed by atoms with E-state index in [0.29, 0.717) is 43.2 Å². The summed E-state index contributed by atoms with van der Waals surface area (Å²) in [5.41, 5.74) is 0.496. The molecule has 1 heterocycles. The molecule has 6 heteroatoms. The van der Waals surface area contributed by atoms with Crippen LogP contribution in [0.1, 0.15) is 24.9 Å². The van der Waals surface area contributed by atoms with Gasteiger partial charge in [-0.3, -0.25) is 4.79 Å². The van der Waals surface area contributed by atoms with Crippen molar-refractivity contribution in [3.8, 4) is 11.5 Å². The van der Waals surface area contributed by atoms with Crippen LogP contribution in [0.5, 0.6) is 11.5 Å². The van der Waals surface area contributed by atoms with Crippen LogP contribution in [0.15, 0.2) is 18.2 Å². The number of rotatable bonds is 5.